The van der Waals surface area contributed by atoms with Gasteiger partial charge >= 0.3 is 12.1 Å². The van der Waals surface area contributed by atoms with Crippen LogP contribution in [0, 0.1) is 5.82 Å². The molecule has 12 heteroatoms. The Hall–Kier alpha value is -2.21. The number of carbonyl (C=O) groups is 2. The molecule has 26 heavy (non-hydrogen) atoms. The molecule has 1 aromatic rings. The number of hydrogen-bond donors (Lipinski definition) is 0. The quantitative estimate of drug-likeness (QED) is 0.552. The zero-order chi connectivity index (χ0) is 19.7. The van der Waals surface area contributed by atoms with Crippen LogP contribution in [0.1, 0.15) is 16.8 Å². The van der Waals surface area contributed by atoms with Crippen LogP contribution >= 0.6 is 0 Å². The predicted octanol–water partition coefficient (Wildman–Crippen LogP) is 1.36. The van der Waals surface area contributed by atoms with Gasteiger partial charge in [-0.25, -0.2) is 17.6 Å². The van der Waals surface area contributed by atoms with Gasteiger partial charge in [0.15, 0.2) is 0 Å². The standard InChI is InChI=1S/C14H14F4N2O5S/c1-25-13(22)9-2-3-11(10(15)6-9)26(23,24)20-7-12(21)19(8-20)5-4-14(16,17)18/h2-3,6H,4-5,7-8H2,1H3. The summed E-state index contributed by atoms with van der Waals surface area (Å²) >= 11 is 0. The van der Waals surface area contributed by atoms with Crippen molar-refractivity contribution in [2.75, 3.05) is 26.9 Å². The molecule has 0 bridgehead atoms. The summed E-state index contributed by atoms with van der Waals surface area (Å²) in [4.78, 5) is 23.0. The molecule has 1 amide bonds. The van der Waals surface area contributed by atoms with Gasteiger partial charge in [0.1, 0.15) is 10.7 Å². The van der Waals surface area contributed by atoms with Gasteiger partial charge in [-0.05, 0) is 18.2 Å². The lowest BCUT2D eigenvalue weighted by Gasteiger charge is -2.19. The molecule has 144 valence electrons. The molecule has 1 saturated heterocycles. The molecule has 0 radical (unpaired) electrons. The lowest BCUT2D eigenvalue weighted by Crippen LogP contribution is -2.33. The van der Waals surface area contributed by atoms with Crippen molar-refractivity contribution in [2.45, 2.75) is 17.5 Å². The first-order chi connectivity index (χ1) is 12.0. The van der Waals surface area contributed by atoms with Crippen molar-refractivity contribution in [1.29, 1.82) is 0 Å². The van der Waals surface area contributed by atoms with Crippen molar-refractivity contribution in [1.82, 2.24) is 9.21 Å². The van der Waals surface area contributed by atoms with Crippen LogP contribution < -0.4 is 0 Å². The highest BCUT2D eigenvalue weighted by atomic mass is 32.2. The smallest absolute Gasteiger partial charge is 0.390 e. The van der Waals surface area contributed by atoms with E-state index in [-0.39, 0.29) is 5.56 Å². The zero-order valence-corrected chi connectivity index (χ0v) is 14.2. The highest BCUT2D eigenvalue weighted by Crippen LogP contribution is 2.25. The normalized spacial score (nSPS) is 16.2. The van der Waals surface area contributed by atoms with Gasteiger partial charge in [0, 0.05) is 6.54 Å². The van der Waals surface area contributed by atoms with Gasteiger partial charge in [-0.2, -0.15) is 17.5 Å². The molecule has 0 saturated carbocycles. The summed E-state index contributed by atoms with van der Waals surface area (Å²) in [5.74, 6) is -2.93. The lowest BCUT2D eigenvalue weighted by atomic mass is 10.2. The summed E-state index contributed by atoms with van der Waals surface area (Å²) in [7, 11) is -3.41. The minimum atomic E-state index is -4.50. The maximum Gasteiger partial charge on any atom is 0.390 e. The van der Waals surface area contributed by atoms with E-state index >= 15 is 0 Å². The van der Waals surface area contributed by atoms with Crippen LogP contribution in [0.4, 0.5) is 17.6 Å². The van der Waals surface area contributed by atoms with Gasteiger partial charge in [0.2, 0.25) is 15.9 Å². The monoisotopic (exact) mass is 398 g/mol. The fourth-order valence-electron chi connectivity index (χ4n) is 2.28. The first-order valence-electron chi connectivity index (χ1n) is 7.18. The van der Waals surface area contributed by atoms with Crippen LogP contribution in [0.5, 0.6) is 0 Å². The Morgan fingerprint density at radius 2 is 1.96 bits per heavy atom. The lowest BCUT2D eigenvalue weighted by molar-refractivity contribution is -0.142. The van der Waals surface area contributed by atoms with E-state index in [4.69, 9.17) is 0 Å². The van der Waals surface area contributed by atoms with Gasteiger partial charge in [-0.3, -0.25) is 4.79 Å². The fourth-order valence-corrected chi connectivity index (χ4v) is 3.68. The summed E-state index contributed by atoms with van der Waals surface area (Å²) in [5.41, 5.74) is -0.215. The Morgan fingerprint density at radius 1 is 1.31 bits per heavy atom. The van der Waals surface area contributed by atoms with Crippen LogP contribution in [0.2, 0.25) is 0 Å². The third kappa shape index (κ3) is 4.30. The molecule has 0 unspecified atom stereocenters. The highest BCUT2D eigenvalue weighted by molar-refractivity contribution is 7.89. The van der Waals surface area contributed by atoms with Gasteiger partial charge in [-0.1, -0.05) is 0 Å². The van der Waals surface area contributed by atoms with Crippen LogP contribution in [0.25, 0.3) is 0 Å². The number of rotatable bonds is 5. The van der Waals surface area contributed by atoms with Crippen molar-refractivity contribution >= 4 is 21.9 Å². The minimum absolute atomic E-state index is 0.215. The summed E-state index contributed by atoms with van der Waals surface area (Å²) in [6.45, 7) is -2.01. The molecule has 2 rings (SSSR count). The fraction of sp³-hybridized carbons (Fsp3) is 0.429. The summed E-state index contributed by atoms with van der Waals surface area (Å²) < 4.78 is 80.8. The summed E-state index contributed by atoms with van der Waals surface area (Å²) in [5, 5.41) is 0. The van der Waals surface area contributed by atoms with Crippen LogP contribution in [0.3, 0.4) is 0 Å². The van der Waals surface area contributed by atoms with Crippen LogP contribution in [-0.2, 0) is 19.6 Å². The van der Waals surface area contributed by atoms with E-state index in [0.717, 1.165) is 24.1 Å². The van der Waals surface area contributed by atoms with Gasteiger partial charge in [-0.15, -0.1) is 0 Å². The van der Waals surface area contributed by atoms with E-state index in [1.54, 1.807) is 0 Å². The van der Waals surface area contributed by atoms with Crippen molar-refractivity contribution in [2.24, 2.45) is 0 Å². The maximum atomic E-state index is 14.1. The van der Waals surface area contributed by atoms with Crippen LogP contribution in [-0.4, -0.2) is 62.5 Å². The van der Waals surface area contributed by atoms with E-state index in [9.17, 15) is 35.6 Å². The van der Waals surface area contributed by atoms with E-state index in [1.807, 2.05) is 0 Å². The molecule has 0 atom stereocenters. The Kier molecular flexibility index (Phi) is 5.56. The van der Waals surface area contributed by atoms with Gasteiger partial charge in [0.05, 0.1) is 32.3 Å². The number of carbonyl (C=O) groups excluding carboxylic acids is 2. The predicted molar refractivity (Wildman–Crippen MR) is 78.9 cm³/mol. The third-order valence-electron chi connectivity index (χ3n) is 3.63. The molecule has 0 aliphatic carbocycles. The molecular weight excluding hydrogens is 384 g/mol. The van der Waals surface area contributed by atoms with Crippen molar-refractivity contribution in [3.8, 4) is 0 Å². The Bertz CT molecular complexity index is 825. The third-order valence-corrected chi connectivity index (χ3v) is 5.44. The van der Waals surface area contributed by atoms with Gasteiger partial charge in [0.25, 0.3) is 0 Å². The largest absolute Gasteiger partial charge is 0.465 e. The molecule has 1 fully saturated rings. The number of amides is 1. The van der Waals surface area contributed by atoms with Crippen molar-refractivity contribution in [3.05, 3.63) is 29.6 Å². The number of sulfonamides is 1. The second-order valence-electron chi connectivity index (χ2n) is 5.42. The molecule has 1 aliphatic rings. The van der Waals surface area contributed by atoms with E-state index in [2.05, 4.69) is 4.74 Å². The SMILES string of the molecule is COC(=O)c1ccc(S(=O)(=O)N2CC(=O)N(CCC(F)(F)F)C2)c(F)c1. The number of hydrogen-bond acceptors (Lipinski definition) is 5. The highest BCUT2D eigenvalue weighted by Gasteiger charge is 2.39. The molecule has 1 aliphatic heterocycles. The Morgan fingerprint density at radius 3 is 2.50 bits per heavy atom. The number of esters is 1. The number of alkyl halides is 3. The van der Waals surface area contributed by atoms with E-state index < -0.39 is 65.0 Å². The number of benzene rings is 1. The summed E-state index contributed by atoms with van der Waals surface area (Å²) in [6.07, 6.45) is -5.78. The average Bonchev–Trinajstić information content (AvgIpc) is 2.93. The first-order valence-corrected chi connectivity index (χ1v) is 8.62. The first kappa shape index (κ1) is 20.1. The summed E-state index contributed by atoms with van der Waals surface area (Å²) in [6, 6.07) is 2.53. The molecule has 1 aromatic carbocycles. The number of methoxy groups -OCH3 is 1. The maximum absolute atomic E-state index is 14.1. The van der Waals surface area contributed by atoms with Gasteiger partial charge < -0.3 is 9.64 Å². The van der Waals surface area contributed by atoms with Crippen molar-refractivity contribution < 1.29 is 40.3 Å². The number of halogens is 4. The van der Waals surface area contributed by atoms with Crippen LogP contribution in [0.15, 0.2) is 23.1 Å². The average molecular weight is 398 g/mol. The molecule has 0 aromatic heterocycles. The molecule has 1 heterocycles. The number of ether oxygens (including phenoxy) is 1. The molecule has 0 N–H and O–H groups in total. The Labute approximate surface area is 146 Å². The Balaban J connectivity index is 2.20. The second-order valence-corrected chi connectivity index (χ2v) is 7.32. The number of nitrogens with zero attached hydrogens (tertiary/aromatic N) is 2. The molecule has 7 nitrogen and oxygen atoms in total. The van der Waals surface area contributed by atoms with E-state index in [1.165, 1.54) is 0 Å². The van der Waals surface area contributed by atoms with Crippen molar-refractivity contribution in [3.63, 3.8) is 0 Å². The topological polar surface area (TPSA) is 84.0 Å². The molecule has 0 spiro atoms. The van der Waals surface area contributed by atoms with E-state index in [0.29, 0.717) is 10.4 Å². The minimum Gasteiger partial charge on any atom is -0.465 e. The second kappa shape index (κ2) is 7.19. The molecular formula is C14H14F4N2O5S. The zero-order valence-electron chi connectivity index (χ0n) is 13.4.